The molecule has 1 aliphatic heterocycles. The van der Waals surface area contributed by atoms with Crippen LogP contribution in [0.3, 0.4) is 0 Å². The molecule has 1 fully saturated rings. The molecule has 0 aliphatic carbocycles. The second-order valence-corrected chi connectivity index (χ2v) is 8.80. The Morgan fingerprint density at radius 3 is 2.30 bits per heavy atom. The summed E-state index contributed by atoms with van der Waals surface area (Å²) in [5.74, 6) is 0.667. The molecule has 0 spiro atoms. The second kappa shape index (κ2) is 8.00. The standard InChI is InChI=1S/C20H24N2O4S/c1-15(2)26-19-11-5-16(6-12-19)20(23)21-17-7-9-18(10-8-17)22-13-3-4-14-27(22,24)25/h5-12,15H,3-4,13-14H2,1-2H3,(H,21,23). The first kappa shape index (κ1) is 19.2. The van der Waals surface area contributed by atoms with E-state index >= 15 is 0 Å². The second-order valence-electron chi connectivity index (χ2n) is 6.79. The number of carbonyl (C=O) groups excluding carboxylic acids is 1. The smallest absolute Gasteiger partial charge is 0.255 e. The number of nitrogens with one attached hydrogen (secondary N) is 1. The van der Waals surface area contributed by atoms with Crippen LogP contribution in [0.5, 0.6) is 5.75 Å². The highest BCUT2D eigenvalue weighted by Gasteiger charge is 2.25. The zero-order valence-corrected chi connectivity index (χ0v) is 16.3. The average molecular weight is 388 g/mol. The normalized spacial score (nSPS) is 16.2. The van der Waals surface area contributed by atoms with E-state index in [1.807, 2.05) is 13.8 Å². The molecule has 0 bridgehead atoms. The molecule has 3 rings (SSSR count). The van der Waals surface area contributed by atoms with Crippen molar-refractivity contribution in [1.29, 1.82) is 0 Å². The van der Waals surface area contributed by atoms with Crippen LogP contribution in [0.4, 0.5) is 11.4 Å². The number of benzene rings is 2. The zero-order chi connectivity index (χ0) is 19.4. The Bertz CT molecular complexity index is 891. The number of amides is 1. The Labute approximate surface area is 160 Å². The van der Waals surface area contributed by atoms with Crippen molar-refractivity contribution in [3.05, 3.63) is 54.1 Å². The first-order valence-electron chi connectivity index (χ1n) is 9.04. The number of hydrogen-bond acceptors (Lipinski definition) is 4. The summed E-state index contributed by atoms with van der Waals surface area (Å²) in [5, 5.41) is 2.82. The van der Waals surface area contributed by atoms with Crippen LogP contribution in [0.25, 0.3) is 0 Å². The van der Waals surface area contributed by atoms with Crippen molar-refractivity contribution in [2.75, 3.05) is 21.9 Å². The number of nitrogens with zero attached hydrogens (tertiary/aromatic N) is 1. The SMILES string of the molecule is CC(C)Oc1ccc(C(=O)Nc2ccc(N3CCCCS3(=O)=O)cc2)cc1. The molecule has 144 valence electrons. The monoisotopic (exact) mass is 388 g/mol. The van der Waals surface area contributed by atoms with Crippen molar-refractivity contribution in [2.45, 2.75) is 32.8 Å². The van der Waals surface area contributed by atoms with Crippen LogP contribution < -0.4 is 14.4 Å². The van der Waals surface area contributed by atoms with Gasteiger partial charge in [-0.3, -0.25) is 9.10 Å². The van der Waals surface area contributed by atoms with Crippen LogP contribution in [0.2, 0.25) is 0 Å². The van der Waals surface area contributed by atoms with Crippen LogP contribution in [0, 0.1) is 0 Å². The van der Waals surface area contributed by atoms with E-state index in [1.54, 1.807) is 48.5 Å². The third-order valence-corrected chi connectivity index (χ3v) is 6.12. The maximum Gasteiger partial charge on any atom is 0.255 e. The predicted molar refractivity (Wildman–Crippen MR) is 107 cm³/mol. The van der Waals surface area contributed by atoms with Gasteiger partial charge in [0.2, 0.25) is 10.0 Å². The summed E-state index contributed by atoms with van der Waals surface area (Å²) >= 11 is 0. The van der Waals surface area contributed by atoms with Crippen molar-refractivity contribution in [3.8, 4) is 5.75 Å². The molecular weight excluding hydrogens is 364 g/mol. The van der Waals surface area contributed by atoms with Gasteiger partial charge < -0.3 is 10.1 Å². The number of rotatable bonds is 5. The maximum atomic E-state index is 12.4. The molecule has 1 N–H and O–H groups in total. The van der Waals surface area contributed by atoms with Gasteiger partial charge in [0.15, 0.2) is 0 Å². The molecule has 1 heterocycles. The van der Waals surface area contributed by atoms with Gasteiger partial charge in [-0.05, 0) is 75.2 Å². The lowest BCUT2D eigenvalue weighted by molar-refractivity contribution is 0.102. The summed E-state index contributed by atoms with van der Waals surface area (Å²) in [6.07, 6.45) is 1.63. The van der Waals surface area contributed by atoms with E-state index < -0.39 is 10.0 Å². The number of sulfonamides is 1. The van der Waals surface area contributed by atoms with E-state index in [0.29, 0.717) is 35.7 Å². The highest BCUT2D eigenvalue weighted by atomic mass is 32.2. The minimum atomic E-state index is -3.23. The van der Waals surface area contributed by atoms with E-state index in [-0.39, 0.29) is 17.8 Å². The Morgan fingerprint density at radius 2 is 1.70 bits per heavy atom. The summed E-state index contributed by atoms with van der Waals surface area (Å²) in [6, 6.07) is 13.8. The van der Waals surface area contributed by atoms with Crippen molar-refractivity contribution < 1.29 is 17.9 Å². The number of hydrogen-bond donors (Lipinski definition) is 1. The first-order chi connectivity index (χ1) is 12.8. The van der Waals surface area contributed by atoms with Gasteiger partial charge in [-0.1, -0.05) is 0 Å². The van der Waals surface area contributed by atoms with Crippen LogP contribution in [0.15, 0.2) is 48.5 Å². The molecule has 1 aliphatic rings. The topological polar surface area (TPSA) is 75.7 Å². The highest BCUT2D eigenvalue weighted by molar-refractivity contribution is 7.92. The fraction of sp³-hybridized carbons (Fsp3) is 0.350. The van der Waals surface area contributed by atoms with Crippen molar-refractivity contribution >= 4 is 27.3 Å². The van der Waals surface area contributed by atoms with Crippen molar-refractivity contribution in [1.82, 2.24) is 0 Å². The van der Waals surface area contributed by atoms with E-state index in [0.717, 1.165) is 6.42 Å². The molecule has 1 amide bonds. The van der Waals surface area contributed by atoms with Gasteiger partial charge in [-0.25, -0.2) is 8.42 Å². The number of ether oxygens (including phenoxy) is 1. The maximum absolute atomic E-state index is 12.4. The van der Waals surface area contributed by atoms with Gasteiger partial charge in [0, 0.05) is 17.8 Å². The molecule has 2 aromatic rings. The van der Waals surface area contributed by atoms with Gasteiger partial charge in [0.25, 0.3) is 5.91 Å². The summed E-state index contributed by atoms with van der Waals surface area (Å²) in [4.78, 5) is 12.4. The lowest BCUT2D eigenvalue weighted by Crippen LogP contribution is -2.37. The fourth-order valence-corrected chi connectivity index (χ4v) is 4.59. The average Bonchev–Trinajstić information content (AvgIpc) is 2.62. The van der Waals surface area contributed by atoms with E-state index in [4.69, 9.17) is 4.74 Å². The molecule has 0 radical (unpaired) electrons. The van der Waals surface area contributed by atoms with E-state index in [9.17, 15) is 13.2 Å². The zero-order valence-electron chi connectivity index (χ0n) is 15.5. The summed E-state index contributed by atoms with van der Waals surface area (Å²) < 4.78 is 31.3. The molecule has 0 atom stereocenters. The lowest BCUT2D eigenvalue weighted by atomic mass is 10.2. The lowest BCUT2D eigenvalue weighted by Gasteiger charge is -2.28. The summed E-state index contributed by atoms with van der Waals surface area (Å²) in [5.41, 5.74) is 1.76. The molecule has 2 aromatic carbocycles. The molecule has 1 saturated heterocycles. The quantitative estimate of drug-likeness (QED) is 0.848. The van der Waals surface area contributed by atoms with Crippen LogP contribution in [-0.2, 0) is 10.0 Å². The van der Waals surface area contributed by atoms with Gasteiger partial charge >= 0.3 is 0 Å². The minimum absolute atomic E-state index is 0.0758. The third-order valence-electron chi connectivity index (χ3n) is 4.25. The fourth-order valence-electron chi connectivity index (χ4n) is 2.95. The summed E-state index contributed by atoms with van der Waals surface area (Å²) in [7, 11) is -3.23. The molecule has 0 aromatic heterocycles. The Morgan fingerprint density at radius 1 is 1.04 bits per heavy atom. The van der Waals surface area contributed by atoms with Gasteiger partial charge in [0.1, 0.15) is 5.75 Å². The van der Waals surface area contributed by atoms with Gasteiger partial charge in [-0.2, -0.15) is 0 Å². The summed E-state index contributed by atoms with van der Waals surface area (Å²) in [6.45, 7) is 4.39. The van der Waals surface area contributed by atoms with Crippen LogP contribution in [-0.4, -0.2) is 32.7 Å². The third kappa shape index (κ3) is 4.80. The number of anilines is 2. The van der Waals surface area contributed by atoms with Crippen LogP contribution in [0.1, 0.15) is 37.0 Å². The highest BCUT2D eigenvalue weighted by Crippen LogP contribution is 2.25. The number of carbonyl (C=O) groups is 1. The first-order valence-corrected chi connectivity index (χ1v) is 10.6. The van der Waals surface area contributed by atoms with E-state index in [1.165, 1.54) is 4.31 Å². The predicted octanol–water partition coefficient (Wildman–Crippen LogP) is 3.66. The van der Waals surface area contributed by atoms with E-state index in [2.05, 4.69) is 5.32 Å². The molecular formula is C20H24N2O4S. The Kier molecular flexibility index (Phi) is 5.70. The van der Waals surface area contributed by atoms with Gasteiger partial charge in [0.05, 0.1) is 17.5 Å². The molecule has 0 saturated carbocycles. The minimum Gasteiger partial charge on any atom is -0.491 e. The Hall–Kier alpha value is -2.54. The molecule has 27 heavy (non-hydrogen) atoms. The van der Waals surface area contributed by atoms with Gasteiger partial charge in [-0.15, -0.1) is 0 Å². The van der Waals surface area contributed by atoms with Crippen molar-refractivity contribution in [3.63, 3.8) is 0 Å². The molecule has 6 nitrogen and oxygen atoms in total. The molecule has 0 unspecified atom stereocenters. The molecule has 7 heteroatoms. The largest absolute Gasteiger partial charge is 0.491 e. The Balaban J connectivity index is 1.66. The van der Waals surface area contributed by atoms with Crippen LogP contribution >= 0.6 is 0 Å². The van der Waals surface area contributed by atoms with Crippen molar-refractivity contribution in [2.24, 2.45) is 0 Å².